The number of fused-ring (bicyclic) bond motifs is 1. The van der Waals surface area contributed by atoms with E-state index in [1.807, 2.05) is 30.3 Å². The van der Waals surface area contributed by atoms with Crippen LogP contribution >= 0.6 is 11.6 Å². The molecule has 0 aliphatic carbocycles. The first-order valence-electron chi connectivity index (χ1n) is 10.0. The summed E-state index contributed by atoms with van der Waals surface area (Å²) in [6, 6.07) is 11.1. The topological polar surface area (TPSA) is 113 Å². The summed E-state index contributed by atoms with van der Waals surface area (Å²) in [5, 5.41) is 14.3. The molecule has 0 saturated carbocycles. The number of pyridine rings is 2. The molecule has 8 nitrogen and oxygen atoms in total. The SMILES string of the molecule is CC(=O)NCc1ccc(Cc2cncc(C(=O)NCc3n[nH]c4ccc(Cl)cc34)c2)cn1. The zero-order valence-corrected chi connectivity index (χ0v) is 18.1. The Labute approximate surface area is 189 Å². The first-order chi connectivity index (χ1) is 15.5. The van der Waals surface area contributed by atoms with E-state index in [-0.39, 0.29) is 18.4 Å². The molecule has 4 rings (SSSR count). The number of aromatic amines is 1. The molecule has 0 fully saturated rings. The van der Waals surface area contributed by atoms with E-state index < -0.39 is 0 Å². The fourth-order valence-corrected chi connectivity index (χ4v) is 3.44. The molecular weight excluding hydrogens is 428 g/mol. The summed E-state index contributed by atoms with van der Waals surface area (Å²) in [4.78, 5) is 32.2. The van der Waals surface area contributed by atoms with E-state index in [0.29, 0.717) is 29.2 Å². The third kappa shape index (κ3) is 5.28. The van der Waals surface area contributed by atoms with E-state index in [1.54, 1.807) is 18.5 Å². The number of amides is 2. The van der Waals surface area contributed by atoms with E-state index in [9.17, 15) is 9.59 Å². The predicted molar refractivity (Wildman–Crippen MR) is 121 cm³/mol. The highest BCUT2D eigenvalue weighted by atomic mass is 35.5. The van der Waals surface area contributed by atoms with E-state index in [4.69, 9.17) is 11.6 Å². The number of rotatable bonds is 7. The molecule has 0 unspecified atom stereocenters. The highest BCUT2D eigenvalue weighted by Gasteiger charge is 2.11. The van der Waals surface area contributed by atoms with Gasteiger partial charge in [-0.15, -0.1) is 0 Å². The predicted octanol–water partition coefficient (Wildman–Crippen LogP) is 3.16. The van der Waals surface area contributed by atoms with E-state index in [1.165, 1.54) is 13.1 Å². The van der Waals surface area contributed by atoms with Gasteiger partial charge in [-0.2, -0.15) is 5.10 Å². The van der Waals surface area contributed by atoms with Gasteiger partial charge in [0.2, 0.25) is 5.91 Å². The van der Waals surface area contributed by atoms with Crippen LogP contribution in [0.15, 0.2) is 55.0 Å². The molecule has 9 heteroatoms. The largest absolute Gasteiger partial charge is 0.351 e. The smallest absolute Gasteiger partial charge is 0.253 e. The maximum absolute atomic E-state index is 12.7. The minimum Gasteiger partial charge on any atom is -0.351 e. The summed E-state index contributed by atoms with van der Waals surface area (Å²) in [5.41, 5.74) is 4.70. The van der Waals surface area contributed by atoms with Crippen LogP contribution in [0, 0.1) is 0 Å². The summed E-state index contributed by atoms with van der Waals surface area (Å²) in [5.74, 6) is -0.331. The highest BCUT2D eigenvalue weighted by Crippen LogP contribution is 2.20. The van der Waals surface area contributed by atoms with Crippen LogP contribution in [0.5, 0.6) is 0 Å². The number of halogens is 1. The van der Waals surface area contributed by atoms with E-state index in [2.05, 4.69) is 30.8 Å². The number of carbonyl (C=O) groups is 2. The normalized spacial score (nSPS) is 10.8. The van der Waals surface area contributed by atoms with E-state index in [0.717, 1.165) is 27.7 Å². The van der Waals surface area contributed by atoms with Gasteiger partial charge < -0.3 is 10.6 Å². The van der Waals surface area contributed by atoms with Crippen LogP contribution < -0.4 is 10.6 Å². The first-order valence-corrected chi connectivity index (χ1v) is 10.4. The van der Waals surface area contributed by atoms with Gasteiger partial charge in [-0.3, -0.25) is 24.7 Å². The Bertz CT molecular complexity index is 1270. The van der Waals surface area contributed by atoms with Crippen molar-refractivity contribution in [3.63, 3.8) is 0 Å². The van der Waals surface area contributed by atoms with Crippen LogP contribution in [0.25, 0.3) is 10.9 Å². The van der Waals surface area contributed by atoms with Crippen molar-refractivity contribution in [3.8, 4) is 0 Å². The van der Waals surface area contributed by atoms with Crippen LogP contribution in [-0.4, -0.2) is 32.0 Å². The van der Waals surface area contributed by atoms with Crippen molar-refractivity contribution in [1.82, 2.24) is 30.8 Å². The second-order valence-corrected chi connectivity index (χ2v) is 7.81. The molecule has 3 N–H and O–H groups in total. The number of benzene rings is 1. The molecule has 2 amide bonds. The molecule has 32 heavy (non-hydrogen) atoms. The fourth-order valence-electron chi connectivity index (χ4n) is 3.26. The van der Waals surface area contributed by atoms with Crippen molar-refractivity contribution < 1.29 is 9.59 Å². The Morgan fingerprint density at radius 1 is 1.00 bits per heavy atom. The molecule has 0 aliphatic rings. The van der Waals surface area contributed by atoms with Crippen molar-refractivity contribution in [2.45, 2.75) is 26.4 Å². The Hall–Kier alpha value is -3.78. The van der Waals surface area contributed by atoms with Crippen molar-refractivity contribution in [1.29, 1.82) is 0 Å². The highest BCUT2D eigenvalue weighted by molar-refractivity contribution is 6.31. The second-order valence-electron chi connectivity index (χ2n) is 7.37. The van der Waals surface area contributed by atoms with Crippen LogP contribution in [-0.2, 0) is 24.3 Å². The molecule has 0 saturated heterocycles. The van der Waals surface area contributed by atoms with Gasteiger partial charge in [0.15, 0.2) is 0 Å². The fraction of sp³-hybridized carbons (Fsp3) is 0.174. The molecule has 0 aliphatic heterocycles. The number of hydrogen-bond donors (Lipinski definition) is 3. The second kappa shape index (κ2) is 9.57. The number of hydrogen-bond acceptors (Lipinski definition) is 5. The van der Waals surface area contributed by atoms with Crippen LogP contribution in [0.1, 0.15) is 39.8 Å². The Kier molecular flexibility index (Phi) is 6.42. The summed E-state index contributed by atoms with van der Waals surface area (Å²) in [6.45, 7) is 2.13. The monoisotopic (exact) mass is 448 g/mol. The number of nitrogens with zero attached hydrogens (tertiary/aromatic N) is 3. The lowest BCUT2D eigenvalue weighted by Crippen LogP contribution is -2.23. The molecule has 4 aromatic rings. The van der Waals surface area contributed by atoms with Gasteiger partial charge >= 0.3 is 0 Å². The first kappa shape index (κ1) is 21.5. The quantitative estimate of drug-likeness (QED) is 0.402. The number of nitrogens with one attached hydrogen (secondary N) is 3. The van der Waals surface area contributed by atoms with Crippen LogP contribution in [0.3, 0.4) is 0 Å². The standard InChI is InChI=1S/C23H21ClN6O2/c1-14(31)26-12-19-4-2-15(10-27-19)6-16-7-17(11-25-9-16)23(32)28-13-22-20-8-18(24)3-5-21(20)29-30-22/h2-5,7-11H,6,12-13H2,1H3,(H,26,31)(H,28,32)(H,29,30). The van der Waals surface area contributed by atoms with Crippen molar-refractivity contribution in [3.05, 3.63) is 88.1 Å². The van der Waals surface area contributed by atoms with Gasteiger partial charge in [-0.1, -0.05) is 17.7 Å². The van der Waals surface area contributed by atoms with Crippen LogP contribution in [0.4, 0.5) is 0 Å². The zero-order chi connectivity index (χ0) is 22.5. The lowest BCUT2D eigenvalue weighted by atomic mass is 10.1. The molecule has 1 aromatic carbocycles. The number of carbonyl (C=O) groups excluding carboxylic acids is 2. The molecule has 3 aromatic heterocycles. The average Bonchev–Trinajstić information content (AvgIpc) is 3.19. The number of H-pyrrole nitrogens is 1. The molecule has 0 bridgehead atoms. The molecule has 0 spiro atoms. The third-order valence-corrected chi connectivity index (χ3v) is 5.13. The average molecular weight is 449 g/mol. The molecule has 0 atom stereocenters. The molecule has 0 radical (unpaired) electrons. The summed E-state index contributed by atoms with van der Waals surface area (Å²) in [6.07, 6.45) is 5.61. The Morgan fingerprint density at radius 3 is 2.66 bits per heavy atom. The summed E-state index contributed by atoms with van der Waals surface area (Å²) >= 11 is 6.07. The van der Waals surface area contributed by atoms with Gasteiger partial charge in [0.25, 0.3) is 5.91 Å². The molecule has 3 heterocycles. The van der Waals surface area contributed by atoms with E-state index >= 15 is 0 Å². The summed E-state index contributed by atoms with van der Waals surface area (Å²) < 4.78 is 0. The lowest BCUT2D eigenvalue weighted by molar-refractivity contribution is -0.119. The van der Waals surface area contributed by atoms with Gasteiger partial charge in [-0.25, -0.2) is 0 Å². The molecule has 162 valence electrons. The lowest BCUT2D eigenvalue weighted by Gasteiger charge is -2.07. The Balaban J connectivity index is 1.39. The summed E-state index contributed by atoms with van der Waals surface area (Å²) in [7, 11) is 0. The van der Waals surface area contributed by atoms with Crippen molar-refractivity contribution in [2.75, 3.05) is 0 Å². The molecular formula is C23H21ClN6O2. The minimum atomic E-state index is -0.235. The van der Waals surface area contributed by atoms with Crippen molar-refractivity contribution >= 4 is 34.3 Å². The minimum absolute atomic E-state index is 0.0960. The van der Waals surface area contributed by atoms with Crippen LogP contribution in [0.2, 0.25) is 5.02 Å². The van der Waals surface area contributed by atoms with Gasteiger partial charge in [0.05, 0.1) is 35.6 Å². The van der Waals surface area contributed by atoms with Gasteiger partial charge in [0.1, 0.15) is 0 Å². The third-order valence-electron chi connectivity index (χ3n) is 4.89. The van der Waals surface area contributed by atoms with Gasteiger partial charge in [0, 0.05) is 42.3 Å². The zero-order valence-electron chi connectivity index (χ0n) is 17.4. The maximum atomic E-state index is 12.7. The maximum Gasteiger partial charge on any atom is 0.253 e. The van der Waals surface area contributed by atoms with Gasteiger partial charge in [-0.05, 0) is 41.5 Å². The number of aromatic nitrogens is 4. The Morgan fingerprint density at radius 2 is 1.88 bits per heavy atom. The van der Waals surface area contributed by atoms with Crippen molar-refractivity contribution in [2.24, 2.45) is 0 Å².